The fourth-order valence-electron chi connectivity index (χ4n) is 2.17. The van der Waals surface area contributed by atoms with Crippen molar-refractivity contribution < 1.29 is 5.11 Å². The molecule has 0 aliphatic heterocycles. The van der Waals surface area contributed by atoms with Gasteiger partial charge in [-0.1, -0.05) is 24.3 Å². The Morgan fingerprint density at radius 2 is 1.91 bits per heavy atom. The maximum Gasteiger partial charge on any atom is 0.0894 e. The molecule has 0 saturated carbocycles. The van der Waals surface area contributed by atoms with Gasteiger partial charge in [-0.15, -0.1) is 11.6 Å². The van der Waals surface area contributed by atoms with Gasteiger partial charge in [0.1, 0.15) is 0 Å². The van der Waals surface area contributed by atoms with E-state index in [1.165, 1.54) is 0 Å². The lowest BCUT2D eigenvalue weighted by atomic mass is 10.1. The Hall–Kier alpha value is -2.17. The highest BCUT2D eigenvalue weighted by Gasteiger charge is 2.05. The number of nitrogens with one attached hydrogen (secondary N) is 1. The molecule has 4 nitrogen and oxygen atoms in total. The summed E-state index contributed by atoms with van der Waals surface area (Å²) in [5.41, 5.74) is 4.46. The van der Waals surface area contributed by atoms with Crippen LogP contribution in [0, 0.1) is 0 Å². The Labute approximate surface area is 133 Å². The number of alkyl halides is 1. The lowest BCUT2D eigenvalue weighted by Gasteiger charge is -2.11. The summed E-state index contributed by atoms with van der Waals surface area (Å²) in [6.07, 6.45) is 1.21. The molecule has 22 heavy (non-hydrogen) atoms. The highest BCUT2D eigenvalue weighted by atomic mass is 35.5. The minimum Gasteiger partial charge on any atom is -0.390 e. The number of hydrogen-bond acceptors (Lipinski definition) is 4. The van der Waals surface area contributed by atoms with Gasteiger partial charge in [-0.05, 0) is 24.3 Å². The van der Waals surface area contributed by atoms with Crippen LogP contribution in [0.25, 0.3) is 22.3 Å². The lowest BCUT2D eigenvalue weighted by molar-refractivity contribution is 0.211. The van der Waals surface area contributed by atoms with Crippen molar-refractivity contribution in [3.63, 3.8) is 0 Å². The van der Waals surface area contributed by atoms with E-state index in [9.17, 15) is 5.11 Å². The normalized spacial score (nSPS) is 12.3. The minimum atomic E-state index is -0.564. The summed E-state index contributed by atoms with van der Waals surface area (Å²) >= 11 is 5.59. The van der Waals surface area contributed by atoms with Crippen molar-refractivity contribution >= 4 is 28.3 Å². The second-order valence-corrected chi connectivity index (χ2v) is 5.32. The average molecular weight is 314 g/mol. The van der Waals surface area contributed by atoms with Crippen LogP contribution in [0.5, 0.6) is 0 Å². The number of benzene rings is 2. The number of aliphatic hydroxyl groups is 1. The van der Waals surface area contributed by atoms with Gasteiger partial charge in [-0.3, -0.25) is 4.98 Å². The number of aromatic nitrogens is 2. The second kappa shape index (κ2) is 6.73. The van der Waals surface area contributed by atoms with E-state index in [1.807, 2.05) is 48.5 Å². The summed E-state index contributed by atoms with van der Waals surface area (Å²) in [5.74, 6) is 0.211. The molecule has 0 aliphatic carbocycles. The van der Waals surface area contributed by atoms with Gasteiger partial charge in [0, 0.05) is 17.8 Å². The van der Waals surface area contributed by atoms with Crippen LogP contribution in [-0.2, 0) is 0 Å². The van der Waals surface area contributed by atoms with Gasteiger partial charge in [-0.2, -0.15) is 0 Å². The first kappa shape index (κ1) is 14.8. The molecule has 3 aromatic rings. The first-order valence-electron chi connectivity index (χ1n) is 7.06. The van der Waals surface area contributed by atoms with Crippen LogP contribution in [0.1, 0.15) is 0 Å². The van der Waals surface area contributed by atoms with E-state index < -0.39 is 6.10 Å². The van der Waals surface area contributed by atoms with Gasteiger partial charge < -0.3 is 10.4 Å². The lowest BCUT2D eigenvalue weighted by Crippen LogP contribution is -2.20. The van der Waals surface area contributed by atoms with Crippen molar-refractivity contribution in [2.24, 2.45) is 0 Å². The van der Waals surface area contributed by atoms with Crippen molar-refractivity contribution in [3.8, 4) is 11.3 Å². The van der Waals surface area contributed by atoms with Gasteiger partial charge in [0.05, 0.1) is 34.9 Å². The summed E-state index contributed by atoms with van der Waals surface area (Å²) < 4.78 is 0. The van der Waals surface area contributed by atoms with Crippen molar-refractivity contribution in [3.05, 3.63) is 54.7 Å². The van der Waals surface area contributed by atoms with E-state index in [1.54, 1.807) is 6.20 Å². The topological polar surface area (TPSA) is 58.0 Å². The highest BCUT2D eigenvalue weighted by molar-refractivity contribution is 6.18. The Morgan fingerprint density at radius 3 is 2.73 bits per heavy atom. The van der Waals surface area contributed by atoms with Gasteiger partial charge in [0.25, 0.3) is 0 Å². The number of aliphatic hydroxyl groups excluding tert-OH is 1. The minimum absolute atomic E-state index is 0.211. The van der Waals surface area contributed by atoms with Crippen molar-refractivity contribution in [1.82, 2.24) is 9.97 Å². The number of hydrogen-bond donors (Lipinski definition) is 2. The SMILES string of the molecule is OC(CCl)CNc1cccc(-c2cnc3ccccc3n2)c1. The molecule has 0 fully saturated rings. The molecule has 2 N–H and O–H groups in total. The summed E-state index contributed by atoms with van der Waals surface area (Å²) in [7, 11) is 0. The van der Waals surface area contributed by atoms with Crippen molar-refractivity contribution in [2.45, 2.75) is 6.10 Å². The van der Waals surface area contributed by atoms with E-state index in [2.05, 4.69) is 15.3 Å². The molecule has 0 amide bonds. The molecule has 1 unspecified atom stereocenters. The molecular weight excluding hydrogens is 298 g/mol. The maximum atomic E-state index is 9.51. The van der Waals surface area contributed by atoms with Crippen LogP contribution >= 0.6 is 11.6 Å². The van der Waals surface area contributed by atoms with E-state index in [0.717, 1.165) is 28.0 Å². The number of rotatable bonds is 5. The molecule has 0 spiro atoms. The Bertz CT molecular complexity index is 778. The molecule has 1 atom stereocenters. The molecule has 2 aromatic carbocycles. The number of para-hydroxylation sites is 2. The van der Waals surface area contributed by atoms with Crippen LogP contribution in [0.2, 0.25) is 0 Å². The molecule has 0 saturated heterocycles. The fraction of sp³-hybridized carbons (Fsp3) is 0.176. The zero-order valence-corrected chi connectivity index (χ0v) is 12.7. The van der Waals surface area contributed by atoms with E-state index in [0.29, 0.717) is 6.54 Å². The number of anilines is 1. The average Bonchev–Trinajstić information content (AvgIpc) is 2.59. The maximum absolute atomic E-state index is 9.51. The largest absolute Gasteiger partial charge is 0.390 e. The van der Waals surface area contributed by atoms with Crippen LogP contribution in [0.15, 0.2) is 54.7 Å². The third-order valence-corrected chi connectivity index (χ3v) is 3.68. The summed E-state index contributed by atoms with van der Waals surface area (Å²) in [4.78, 5) is 9.07. The Kier molecular flexibility index (Phi) is 4.51. The smallest absolute Gasteiger partial charge is 0.0894 e. The number of nitrogens with zero attached hydrogens (tertiary/aromatic N) is 2. The first-order valence-corrected chi connectivity index (χ1v) is 7.60. The van der Waals surface area contributed by atoms with Crippen LogP contribution < -0.4 is 5.32 Å². The van der Waals surface area contributed by atoms with E-state index in [4.69, 9.17) is 11.6 Å². The molecule has 1 heterocycles. The molecular formula is C17H16ClN3O. The monoisotopic (exact) mass is 313 g/mol. The first-order chi connectivity index (χ1) is 10.8. The van der Waals surface area contributed by atoms with Gasteiger partial charge in [-0.25, -0.2) is 4.98 Å². The standard InChI is InChI=1S/C17H16ClN3O/c18-9-14(22)10-19-13-5-3-4-12(8-13)17-11-20-15-6-1-2-7-16(15)21-17/h1-8,11,14,19,22H,9-10H2. The molecule has 112 valence electrons. The van der Waals surface area contributed by atoms with E-state index in [-0.39, 0.29) is 5.88 Å². The van der Waals surface area contributed by atoms with Crippen LogP contribution in [0.4, 0.5) is 5.69 Å². The number of halogens is 1. The van der Waals surface area contributed by atoms with Crippen molar-refractivity contribution in [2.75, 3.05) is 17.7 Å². The van der Waals surface area contributed by atoms with Gasteiger partial charge in [0.15, 0.2) is 0 Å². The summed E-state index contributed by atoms with van der Waals surface area (Å²) in [6.45, 7) is 0.413. The zero-order valence-electron chi connectivity index (χ0n) is 11.9. The molecule has 3 rings (SSSR count). The molecule has 0 aliphatic rings. The predicted molar refractivity (Wildman–Crippen MR) is 90.2 cm³/mol. The van der Waals surface area contributed by atoms with Crippen LogP contribution in [0.3, 0.4) is 0 Å². The second-order valence-electron chi connectivity index (χ2n) is 5.01. The molecule has 0 bridgehead atoms. The number of fused-ring (bicyclic) bond motifs is 1. The third kappa shape index (κ3) is 3.35. The van der Waals surface area contributed by atoms with E-state index >= 15 is 0 Å². The van der Waals surface area contributed by atoms with Crippen molar-refractivity contribution in [1.29, 1.82) is 0 Å². The summed E-state index contributed by atoms with van der Waals surface area (Å²) in [6, 6.07) is 15.7. The van der Waals surface area contributed by atoms with Gasteiger partial charge >= 0.3 is 0 Å². The highest BCUT2D eigenvalue weighted by Crippen LogP contribution is 2.22. The fourth-order valence-corrected chi connectivity index (χ4v) is 2.28. The summed E-state index contributed by atoms with van der Waals surface area (Å²) in [5, 5.41) is 12.7. The van der Waals surface area contributed by atoms with Crippen LogP contribution in [-0.4, -0.2) is 33.6 Å². The third-order valence-electron chi connectivity index (χ3n) is 3.33. The quantitative estimate of drug-likeness (QED) is 0.710. The molecule has 5 heteroatoms. The van der Waals surface area contributed by atoms with Gasteiger partial charge in [0.2, 0.25) is 0 Å². The Morgan fingerprint density at radius 1 is 1.09 bits per heavy atom. The Balaban J connectivity index is 1.86. The zero-order chi connectivity index (χ0) is 15.4. The molecule has 0 radical (unpaired) electrons. The molecule has 1 aromatic heterocycles. The predicted octanol–water partition coefficient (Wildman–Crippen LogP) is 3.31.